The third-order valence-electron chi connectivity index (χ3n) is 2.97. The Hall–Kier alpha value is -2.65. The van der Waals surface area contributed by atoms with Crippen molar-refractivity contribution in [1.29, 1.82) is 0 Å². The first-order valence-corrected chi connectivity index (χ1v) is 6.23. The molecule has 0 aromatic heterocycles. The molecule has 3 atom stereocenters. The monoisotopic (exact) mass is 311 g/mol. The smallest absolute Gasteiger partial charge is 0.380 e. The summed E-state index contributed by atoms with van der Waals surface area (Å²) in [6, 6.07) is 7.62. The molecule has 1 aromatic rings. The fraction of sp³-hybridized carbons (Fsp3) is 0.308. The van der Waals surface area contributed by atoms with Crippen LogP contribution in [0.25, 0.3) is 0 Å². The van der Waals surface area contributed by atoms with Crippen LogP contribution < -0.4 is 0 Å². The molecule has 1 unspecified atom stereocenters. The molecule has 0 saturated heterocycles. The number of carbonyl (C=O) groups excluding carboxylic acids is 1. The van der Waals surface area contributed by atoms with Gasteiger partial charge in [-0.1, -0.05) is 18.2 Å². The summed E-state index contributed by atoms with van der Waals surface area (Å²) in [5, 5.41) is 39.2. The number of ether oxygens (including phenoxy) is 2. The lowest BCUT2D eigenvalue weighted by Gasteiger charge is -2.19. The van der Waals surface area contributed by atoms with Crippen LogP contribution in [0.15, 0.2) is 41.9 Å². The van der Waals surface area contributed by atoms with Crippen molar-refractivity contribution < 1.29 is 34.5 Å². The van der Waals surface area contributed by atoms with E-state index in [1.165, 1.54) is 12.1 Å². The van der Waals surface area contributed by atoms with E-state index in [0.717, 1.165) is 0 Å². The maximum absolute atomic E-state index is 11.3. The Morgan fingerprint density at radius 2 is 2.00 bits per heavy atom. The third kappa shape index (κ3) is 3.00. The molecule has 0 saturated carbocycles. The quantitative estimate of drug-likeness (QED) is 0.289. The molecule has 3 N–H and O–H groups in total. The molecule has 1 aromatic carbocycles. The van der Waals surface area contributed by atoms with E-state index in [0.29, 0.717) is 0 Å². The number of aliphatic hydroxyl groups excluding tert-OH is 3. The van der Waals surface area contributed by atoms with E-state index in [9.17, 15) is 25.1 Å². The van der Waals surface area contributed by atoms with Gasteiger partial charge in [-0.05, 0) is 12.1 Å². The molecular weight excluding hydrogens is 298 g/mol. The highest BCUT2D eigenvalue weighted by Gasteiger charge is 2.43. The Labute approximate surface area is 124 Å². The number of aliphatic hydroxyl groups is 3. The van der Waals surface area contributed by atoms with Crippen LogP contribution in [0, 0.1) is 10.1 Å². The van der Waals surface area contributed by atoms with Gasteiger partial charge in [0.1, 0.15) is 6.10 Å². The van der Waals surface area contributed by atoms with Gasteiger partial charge in [0.15, 0.2) is 11.9 Å². The van der Waals surface area contributed by atoms with E-state index in [2.05, 4.69) is 4.74 Å². The summed E-state index contributed by atoms with van der Waals surface area (Å²) < 4.78 is 9.73. The van der Waals surface area contributed by atoms with Gasteiger partial charge in [-0.25, -0.2) is 4.79 Å². The average Bonchev–Trinajstić information content (AvgIpc) is 2.80. The van der Waals surface area contributed by atoms with Gasteiger partial charge in [-0.3, -0.25) is 10.1 Å². The summed E-state index contributed by atoms with van der Waals surface area (Å²) in [5.74, 6) is -2.75. The van der Waals surface area contributed by atoms with Crippen molar-refractivity contribution in [3.8, 4) is 0 Å². The zero-order valence-corrected chi connectivity index (χ0v) is 11.2. The van der Waals surface area contributed by atoms with Gasteiger partial charge in [0.05, 0.1) is 17.1 Å². The summed E-state index contributed by atoms with van der Waals surface area (Å²) in [7, 11) is 0. The van der Waals surface area contributed by atoms with Crippen LogP contribution in [0.2, 0.25) is 0 Å². The predicted octanol–water partition coefficient (Wildman–Crippen LogP) is 0.0267. The van der Waals surface area contributed by atoms with Gasteiger partial charge in [0.25, 0.3) is 0 Å². The fourth-order valence-electron chi connectivity index (χ4n) is 1.90. The van der Waals surface area contributed by atoms with Gasteiger partial charge >= 0.3 is 12.2 Å². The minimum absolute atomic E-state index is 0.171. The highest BCUT2D eigenvalue weighted by Crippen LogP contribution is 2.30. The van der Waals surface area contributed by atoms with Crippen LogP contribution in [0.1, 0.15) is 11.8 Å². The molecule has 118 valence electrons. The molecule has 2 rings (SSSR count). The van der Waals surface area contributed by atoms with Crippen molar-refractivity contribution in [1.82, 2.24) is 0 Å². The first kappa shape index (κ1) is 15.7. The number of carbonyl (C=O) groups is 1. The van der Waals surface area contributed by atoms with E-state index in [-0.39, 0.29) is 5.56 Å². The van der Waals surface area contributed by atoms with E-state index >= 15 is 0 Å². The first-order chi connectivity index (χ1) is 10.5. The summed E-state index contributed by atoms with van der Waals surface area (Å²) in [5.41, 5.74) is 0.171. The summed E-state index contributed by atoms with van der Waals surface area (Å²) in [6.45, 7) is -0.785. The standard InChI is InChI=1S/C13H13NO8/c15-6-8(16)10-11(9(17)13(18)22-10)21-12(14(19)20)7-4-2-1-3-5-7/h1-5,8,10,12,15-17H,6H2/t8-,10+,12?/m0/s1. The van der Waals surface area contributed by atoms with Crippen molar-refractivity contribution in [3.63, 3.8) is 0 Å². The highest BCUT2D eigenvalue weighted by molar-refractivity contribution is 5.89. The average molecular weight is 311 g/mol. The molecule has 0 amide bonds. The minimum atomic E-state index is -1.71. The Morgan fingerprint density at radius 3 is 2.55 bits per heavy atom. The minimum Gasteiger partial charge on any atom is -0.499 e. The molecule has 0 aliphatic carbocycles. The van der Waals surface area contributed by atoms with Gasteiger partial charge < -0.3 is 24.8 Å². The van der Waals surface area contributed by atoms with Crippen molar-refractivity contribution in [3.05, 3.63) is 57.5 Å². The SMILES string of the molecule is O=C1O[C@H]([C@@H](O)CO)C(OC(c2ccccc2)[N+](=O)[O-])=C1O. The van der Waals surface area contributed by atoms with Gasteiger partial charge in [-0.2, -0.15) is 0 Å². The van der Waals surface area contributed by atoms with Gasteiger partial charge in [0.2, 0.25) is 5.76 Å². The Morgan fingerprint density at radius 1 is 1.36 bits per heavy atom. The predicted molar refractivity (Wildman–Crippen MR) is 69.9 cm³/mol. The molecular formula is C13H13NO8. The van der Waals surface area contributed by atoms with Crippen LogP contribution in [-0.4, -0.2) is 45.0 Å². The fourth-order valence-corrected chi connectivity index (χ4v) is 1.90. The molecule has 0 radical (unpaired) electrons. The lowest BCUT2D eigenvalue weighted by Crippen LogP contribution is -2.33. The first-order valence-electron chi connectivity index (χ1n) is 6.23. The molecule has 1 heterocycles. The Bertz CT molecular complexity index is 599. The molecule has 0 fully saturated rings. The number of esters is 1. The van der Waals surface area contributed by atoms with Crippen LogP contribution in [-0.2, 0) is 14.3 Å². The molecule has 1 aliphatic heterocycles. The number of hydrogen-bond acceptors (Lipinski definition) is 8. The number of benzene rings is 1. The van der Waals surface area contributed by atoms with Crippen molar-refractivity contribution >= 4 is 5.97 Å². The molecule has 0 bridgehead atoms. The van der Waals surface area contributed by atoms with E-state index in [1.807, 2.05) is 0 Å². The molecule has 9 heteroatoms. The summed E-state index contributed by atoms with van der Waals surface area (Å²) >= 11 is 0. The Kier molecular flexibility index (Phi) is 4.59. The second-order valence-electron chi connectivity index (χ2n) is 4.45. The van der Waals surface area contributed by atoms with E-state index in [4.69, 9.17) is 9.84 Å². The lowest BCUT2D eigenvalue weighted by molar-refractivity contribution is -0.580. The van der Waals surface area contributed by atoms with Gasteiger partial charge in [-0.15, -0.1) is 0 Å². The zero-order chi connectivity index (χ0) is 16.3. The van der Waals surface area contributed by atoms with Gasteiger partial charge in [0, 0.05) is 0 Å². The second kappa shape index (κ2) is 6.41. The summed E-state index contributed by atoms with van der Waals surface area (Å²) in [4.78, 5) is 21.7. The number of nitro groups is 1. The normalized spacial score (nSPS) is 20.5. The van der Waals surface area contributed by atoms with E-state index in [1.54, 1.807) is 18.2 Å². The van der Waals surface area contributed by atoms with Crippen molar-refractivity contribution in [2.24, 2.45) is 0 Å². The maximum Gasteiger partial charge on any atom is 0.380 e. The number of nitrogens with zero attached hydrogens (tertiary/aromatic N) is 1. The largest absolute Gasteiger partial charge is 0.499 e. The molecule has 0 spiro atoms. The van der Waals surface area contributed by atoms with E-state index < -0.39 is 47.5 Å². The Balaban J connectivity index is 2.32. The van der Waals surface area contributed by atoms with Crippen LogP contribution in [0.4, 0.5) is 0 Å². The van der Waals surface area contributed by atoms with Crippen molar-refractivity contribution in [2.45, 2.75) is 18.4 Å². The zero-order valence-electron chi connectivity index (χ0n) is 11.2. The van der Waals surface area contributed by atoms with Crippen LogP contribution >= 0.6 is 0 Å². The number of cyclic esters (lactones) is 1. The number of hydrogen-bond donors (Lipinski definition) is 3. The third-order valence-corrected chi connectivity index (χ3v) is 2.97. The van der Waals surface area contributed by atoms with Crippen molar-refractivity contribution in [2.75, 3.05) is 6.61 Å². The second-order valence-corrected chi connectivity index (χ2v) is 4.45. The maximum atomic E-state index is 11.3. The topological polar surface area (TPSA) is 139 Å². The molecule has 22 heavy (non-hydrogen) atoms. The molecule has 9 nitrogen and oxygen atoms in total. The van der Waals surface area contributed by atoms with Crippen LogP contribution in [0.5, 0.6) is 0 Å². The summed E-state index contributed by atoms with van der Waals surface area (Å²) in [6.07, 6.45) is -4.79. The van der Waals surface area contributed by atoms with Crippen LogP contribution in [0.3, 0.4) is 0 Å². The highest BCUT2D eigenvalue weighted by atomic mass is 16.7. The molecule has 1 aliphatic rings. The number of rotatable bonds is 6. The lowest BCUT2D eigenvalue weighted by atomic mass is 10.1.